The van der Waals surface area contributed by atoms with Crippen molar-refractivity contribution in [3.63, 3.8) is 0 Å². The van der Waals surface area contributed by atoms with Crippen molar-refractivity contribution in [3.05, 3.63) is 76.8 Å². The number of rotatable bonds is 8. The van der Waals surface area contributed by atoms with Crippen LogP contribution < -0.4 is 20.3 Å². The van der Waals surface area contributed by atoms with Gasteiger partial charge >= 0.3 is 0 Å². The van der Waals surface area contributed by atoms with Crippen molar-refractivity contribution < 1.29 is 14.3 Å². The molecule has 2 aromatic carbocycles. The summed E-state index contributed by atoms with van der Waals surface area (Å²) in [4.78, 5) is 28.9. The molecule has 3 aromatic rings. The molecular formula is C22H23N3O4. The van der Waals surface area contributed by atoms with Crippen LogP contribution in [0.1, 0.15) is 12.5 Å². The van der Waals surface area contributed by atoms with E-state index in [2.05, 4.69) is 10.3 Å². The van der Waals surface area contributed by atoms with E-state index in [1.165, 1.54) is 17.0 Å². The minimum absolute atomic E-state index is 0.0979. The van der Waals surface area contributed by atoms with Gasteiger partial charge < -0.3 is 14.8 Å². The fourth-order valence-electron chi connectivity index (χ4n) is 2.78. The summed E-state index contributed by atoms with van der Waals surface area (Å²) >= 11 is 0. The summed E-state index contributed by atoms with van der Waals surface area (Å²) in [5.74, 6) is 1.21. The predicted octanol–water partition coefficient (Wildman–Crippen LogP) is 2.63. The van der Waals surface area contributed by atoms with E-state index in [1.807, 2.05) is 55.5 Å². The fraction of sp³-hybridized carbons (Fsp3) is 0.227. The maximum absolute atomic E-state index is 12.4. The standard InChI is InChI=1S/C22H23N3O4/c1-3-29-18-9-7-17(8-10-18)20-12-22(27)25(15-24-20)14-21(26)23-13-16-5-4-6-19(11-16)28-2/h4-12,15H,3,13-14H2,1-2H3,(H,23,26). The molecule has 0 aliphatic carbocycles. The summed E-state index contributed by atoms with van der Waals surface area (Å²) in [7, 11) is 1.59. The van der Waals surface area contributed by atoms with Crippen LogP contribution in [0.3, 0.4) is 0 Å². The molecule has 0 bridgehead atoms. The fourth-order valence-corrected chi connectivity index (χ4v) is 2.78. The highest BCUT2D eigenvalue weighted by atomic mass is 16.5. The van der Waals surface area contributed by atoms with Crippen molar-refractivity contribution >= 4 is 5.91 Å². The third-order valence-electron chi connectivity index (χ3n) is 4.28. The van der Waals surface area contributed by atoms with Gasteiger partial charge in [0.15, 0.2) is 0 Å². The van der Waals surface area contributed by atoms with Gasteiger partial charge in [0.05, 0.1) is 25.7 Å². The molecule has 0 fully saturated rings. The lowest BCUT2D eigenvalue weighted by Crippen LogP contribution is -2.31. The van der Waals surface area contributed by atoms with E-state index >= 15 is 0 Å². The van der Waals surface area contributed by atoms with Gasteiger partial charge in [-0.3, -0.25) is 14.2 Å². The number of hydrogen-bond donors (Lipinski definition) is 1. The Morgan fingerprint density at radius 2 is 1.90 bits per heavy atom. The van der Waals surface area contributed by atoms with Crippen LogP contribution in [0.25, 0.3) is 11.3 Å². The molecule has 1 aromatic heterocycles. The summed E-state index contributed by atoms with van der Waals surface area (Å²) in [6.45, 7) is 2.76. The number of nitrogens with one attached hydrogen (secondary N) is 1. The highest BCUT2D eigenvalue weighted by molar-refractivity contribution is 5.75. The van der Waals surface area contributed by atoms with E-state index in [-0.39, 0.29) is 18.0 Å². The number of carbonyl (C=O) groups excluding carboxylic acids is 1. The second kappa shape index (κ2) is 9.54. The SMILES string of the molecule is CCOc1ccc(-c2cc(=O)n(CC(=O)NCc3cccc(OC)c3)cn2)cc1. The van der Waals surface area contributed by atoms with Crippen LogP contribution in [-0.4, -0.2) is 29.2 Å². The molecule has 0 radical (unpaired) electrons. The first-order chi connectivity index (χ1) is 14.1. The van der Waals surface area contributed by atoms with Crippen LogP contribution in [0.4, 0.5) is 0 Å². The smallest absolute Gasteiger partial charge is 0.254 e. The average molecular weight is 393 g/mol. The largest absolute Gasteiger partial charge is 0.497 e. The Bertz CT molecular complexity index is 1030. The van der Waals surface area contributed by atoms with E-state index < -0.39 is 0 Å². The molecule has 0 saturated heterocycles. The highest BCUT2D eigenvalue weighted by Gasteiger charge is 2.08. The van der Waals surface area contributed by atoms with Gasteiger partial charge in [-0.1, -0.05) is 12.1 Å². The number of carbonyl (C=O) groups is 1. The molecular weight excluding hydrogens is 370 g/mol. The summed E-state index contributed by atoms with van der Waals surface area (Å²) in [5, 5.41) is 2.79. The molecule has 0 spiro atoms. The lowest BCUT2D eigenvalue weighted by molar-refractivity contribution is -0.121. The number of aromatic nitrogens is 2. The Hall–Kier alpha value is -3.61. The zero-order valence-corrected chi connectivity index (χ0v) is 16.4. The van der Waals surface area contributed by atoms with Crippen molar-refractivity contribution in [2.75, 3.05) is 13.7 Å². The molecule has 1 heterocycles. The van der Waals surface area contributed by atoms with Gasteiger partial charge in [0, 0.05) is 18.2 Å². The van der Waals surface area contributed by atoms with Gasteiger partial charge in [-0.05, 0) is 48.9 Å². The van der Waals surface area contributed by atoms with Crippen molar-refractivity contribution in [2.24, 2.45) is 0 Å². The second-order valence-electron chi connectivity index (χ2n) is 6.33. The summed E-state index contributed by atoms with van der Waals surface area (Å²) in [5.41, 5.74) is 1.97. The Morgan fingerprint density at radius 3 is 2.59 bits per heavy atom. The molecule has 7 heteroatoms. The van der Waals surface area contributed by atoms with E-state index in [9.17, 15) is 9.59 Å². The van der Waals surface area contributed by atoms with Gasteiger partial charge in [-0.25, -0.2) is 4.98 Å². The van der Waals surface area contributed by atoms with Crippen LogP contribution in [0.2, 0.25) is 0 Å². The number of methoxy groups -OCH3 is 1. The average Bonchev–Trinajstić information content (AvgIpc) is 2.75. The Labute approximate surface area is 168 Å². The van der Waals surface area contributed by atoms with Crippen LogP contribution in [0.5, 0.6) is 11.5 Å². The number of hydrogen-bond acceptors (Lipinski definition) is 5. The molecule has 0 unspecified atom stereocenters. The van der Waals surface area contributed by atoms with Gasteiger partial charge in [0.2, 0.25) is 5.91 Å². The second-order valence-corrected chi connectivity index (χ2v) is 6.33. The molecule has 0 aliphatic heterocycles. The molecule has 0 aliphatic rings. The normalized spacial score (nSPS) is 10.4. The van der Waals surface area contributed by atoms with Gasteiger partial charge in [-0.2, -0.15) is 0 Å². The van der Waals surface area contributed by atoms with E-state index in [1.54, 1.807) is 7.11 Å². The maximum Gasteiger partial charge on any atom is 0.254 e. The van der Waals surface area contributed by atoms with Crippen LogP contribution in [0.15, 0.2) is 65.7 Å². The Balaban J connectivity index is 1.62. The minimum Gasteiger partial charge on any atom is -0.497 e. The van der Waals surface area contributed by atoms with Gasteiger partial charge in [-0.15, -0.1) is 0 Å². The van der Waals surface area contributed by atoms with Crippen molar-refractivity contribution in [3.8, 4) is 22.8 Å². The quantitative estimate of drug-likeness (QED) is 0.636. The summed E-state index contributed by atoms with van der Waals surface area (Å²) < 4.78 is 11.9. The maximum atomic E-state index is 12.4. The van der Waals surface area contributed by atoms with Gasteiger partial charge in [0.1, 0.15) is 18.0 Å². The minimum atomic E-state index is -0.291. The lowest BCUT2D eigenvalue weighted by Gasteiger charge is -2.09. The molecule has 1 N–H and O–H groups in total. The van der Waals surface area contributed by atoms with Gasteiger partial charge in [0.25, 0.3) is 5.56 Å². The van der Waals surface area contributed by atoms with Crippen LogP contribution in [-0.2, 0) is 17.9 Å². The monoisotopic (exact) mass is 393 g/mol. The number of benzene rings is 2. The van der Waals surface area contributed by atoms with Crippen molar-refractivity contribution in [1.82, 2.24) is 14.9 Å². The van der Waals surface area contributed by atoms with Crippen molar-refractivity contribution in [1.29, 1.82) is 0 Å². The number of amides is 1. The lowest BCUT2D eigenvalue weighted by atomic mass is 10.1. The van der Waals surface area contributed by atoms with Crippen LogP contribution >= 0.6 is 0 Å². The third kappa shape index (κ3) is 5.44. The first kappa shape index (κ1) is 20.1. The molecule has 1 amide bonds. The number of nitrogens with zero attached hydrogens (tertiary/aromatic N) is 2. The molecule has 0 saturated carbocycles. The van der Waals surface area contributed by atoms with Crippen molar-refractivity contribution in [2.45, 2.75) is 20.0 Å². The van der Waals surface area contributed by atoms with Crippen LogP contribution in [0, 0.1) is 0 Å². The zero-order valence-electron chi connectivity index (χ0n) is 16.4. The molecule has 150 valence electrons. The van der Waals surface area contributed by atoms with E-state index in [0.29, 0.717) is 18.8 Å². The topological polar surface area (TPSA) is 82.5 Å². The highest BCUT2D eigenvalue weighted by Crippen LogP contribution is 2.19. The molecule has 29 heavy (non-hydrogen) atoms. The third-order valence-corrected chi connectivity index (χ3v) is 4.28. The molecule has 0 atom stereocenters. The molecule has 7 nitrogen and oxygen atoms in total. The number of ether oxygens (including phenoxy) is 2. The first-order valence-electron chi connectivity index (χ1n) is 9.28. The van der Waals surface area contributed by atoms with E-state index in [4.69, 9.17) is 9.47 Å². The Morgan fingerprint density at radius 1 is 1.10 bits per heavy atom. The Kier molecular flexibility index (Phi) is 6.63. The van der Waals surface area contributed by atoms with E-state index in [0.717, 1.165) is 22.6 Å². The zero-order chi connectivity index (χ0) is 20.6. The predicted molar refractivity (Wildman–Crippen MR) is 110 cm³/mol. The summed E-state index contributed by atoms with van der Waals surface area (Å²) in [6, 6.07) is 16.2. The molecule has 3 rings (SSSR count). The first-order valence-corrected chi connectivity index (χ1v) is 9.28. The summed E-state index contributed by atoms with van der Waals surface area (Å²) in [6.07, 6.45) is 1.39.